The molecule has 2 aromatic carbocycles. The van der Waals surface area contributed by atoms with Gasteiger partial charge in [0.25, 0.3) is 15.9 Å². The van der Waals surface area contributed by atoms with Crippen LogP contribution in [0.4, 0.5) is 4.39 Å². The molecule has 1 aliphatic heterocycles. The summed E-state index contributed by atoms with van der Waals surface area (Å²) >= 11 is 4.31. The van der Waals surface area contributed by atoms with Crippen molar-refractivity contribution in [1.29, 1.82) is 0 Å². The molecule has 0 spiro atoms. The van der Waals surface area contributed by atoms with Gasteiger partial charge in [0.05, 0.1) is 9.80 Å². The third-order valence-electron chi connectivity index (χ3n) is 3.68. The topological polar surface area (TPSA) is 66.8 Å². The first-order valence-electron chi connectivity index (χ1n) is 7.98. The fourth-order valence-corrected chi connectivity index (χ4v) is 4.79. The van der Waals surface area contributed by atoms with Gasteiger partial charge < -0.3 is 0 Å². The summed E-state index contributed by atoms with van der Waals surface area (Å²) in [5.74, 6) is -0.911. The highest BCUT2D eigenvalue weighted by atomic mass is 79.9. The highest BCUT2D eigenvalue weighted by molar-refractivity contribution is 9.10. The minimum Gasteiger partial charge on any atom is -0.282 e. The third kappa shape index (κ3) is 4.60. The maximum atomic E-state index is 13.1. The molecule has 0 unspecified atom stereocenters. The summed E-state index contributed by atoms with van der Waals surface area (Å²) in [6, 6.07) is 11.7. The van der Waals surface area contributed by atoms with E-state index in [0.29, 0.717) is 4.91 Å². The molecule has 0 aromatic heterocycles. The van der Waals surface area contributed by atoms with Crippen molar-refractivity contribution in [2.45, 2.75) is 4.90 Å². The lowest BCUT2D eigenvalue weighted by molar-refractivity contribution is -0.121. The van der Waals surface area contributed by atoms with Crippen molar-refractivity contribution < 1.29 is 17.6 Å². The Kier molecular flexibility index (Phi) is 6.17. The highest BCUT2D eigenvalue weighted by Crippen LogP contribution is 2.33. The number of nitrogens with zero attached hydrogens (tertiary/aromatic N) is 2. The summed E-state index contributed by atoms with van der Waals surface area (Å²) in [7, 11) is -4.10. The molecule has 144 valence electrons. The molecule has 9 heteroatoms. The molecule has 0 bridgehead atoms. The maximum absolute atomic E-state index is 13.1. The lowest BCUT2D eigenvalue weighted by Gasteiger charge is -2.12. The highest BCUT2D eigenvalue weighted by Gasteiger charge is 2.34. The smallest absolute Gasteiger partial charge is 0.282 e. The number of benzene rings is 2. The number of thioether (sulfide) groups is 1. The van der Waals surface area contributed by atoms with E-state index in [4.69, 9.17) is 0 Å². The van der Waals surface area contributed by atoms with Gasteiger partial charge in [0, 0.05) is 11.0 Å². The first-order chi connectivity index (χ1) is 13.3. The Balaban J connectivity index is 1.98. The second-order valence-electron chi connectivity index (χ2n) is 5.67. The molecule has 1 amide bonds. The number of sulfonamides is 1. The zero-order chi connectivity index (χ0) is 20.3. The van der Waals surface area contributed by atoms with Gasteiger partial charge in [-0.05, 0) is 59.8 Å². The minimum absolute atomic E-state index is 0.0255. The van der Waals surface area contributed by atoms with Crippen molar-refractivity contribution in [1.82, 2.24) is 4.90 Å². The van der Waals surface area contributed by atoms with Crippen molar-refractivity contribution in [3.63, 3.8) is 0 Å². The van der Waals surface area contributed by atoms with E-state index < -0.39 is 15.8 Å². The molecule has 1 fully saturated rings. The van der Waals surface area contributed by atoms with Gasteiger partial charge >= 0.3 is 0 Å². The van der Waals surface area contributed by atoms with Gasteiger partial charge in [-0.15, -0.1) is 11.0 Å². The Morgan fingerprint density at radius 2 is 1.79 bits per heavy atom. The largest absolute Gasteiger partial charge is 0.284 e. The Hall–Kier alpha value is -2.23. The Morgan fingerprint density at radius 3 is 2.39 bits per heavy atom. The Bertz CT molecular complexity index is 1080. The minimum atomic E-state index is -4.10. The van der Waals surface area contributed by atoms with Crippen LogP contribution in [-0.4, -0.2) is 30.9 Å². The van der Waals surface area contributed by atoms with Gasteiger partial charge in [0.15, 0.2) is 5.17 Å². The number of amidine groups is 1. The summed E-state index contributed by atoms with van der Waals surface area (Å²) in [5, 5.41) is 0.0255. The van der Waals surface area contributed by atoms with Crippen LogP contribution in [0.2, 0.25) is 0 Å². The number of carbonyl (C=O) groups excluding carboxylic acids is 1. The van der Waals surface area contributed by atoms with Crippen LogP contribution in [0.5, 0.6) is 0 Å². The SMILES string of the molecule is C=CCN1C(=O)/C(=C/c2ccc(Br)cc2)S/C1=N\S(=O)(=O)c1ccc(F)cc1. The fourth-order valence-electron chi connectivity index (χ4n) is 2.34. The quantitative estimate of drug-likeness (QED) is 0.468. The Morgan fingerprint density at radius 1 is 1.14 bits per heavy atom. The van der Waals surface area contributed by atoms with Crippen LogP contribution < -0.4 is 0 Å². The van der Waals surface area contributed by atoms with E-state index in [0.717, 1.165) is 46.1 Å². The van der Waals surface area contributed by atoms with E-state index in [9.17, 15) is 17.6 Å². The zero-order valence-electron chi connectivity index (χ0n) is 14.4. The van der Waals surface area contributed by atoms with E-state index in [-0.39, 0.29) is 22.5 Å². The third-order valence-corrected chi connectivity index (χ3v) is 6.61. The number of hydrogen-bond donors (Lipinski definition) is 0. The number of hydrogen-bond acceptors (Lipinski definition) is 4. The molecule has 0 radical (unpaired) electrons. The molecule has 3 rings (SSSR count). The first kappa shape index (κ1) is 20.5. The molecule has 1 aliphatic rings. The van der Waals surface area contributed by atoms with Crippen LogP contribution in [0.1, 0.15) is 5.56 Å². The van der Waals surface area contributed by atoms with E-state index in [1.807, 2.05) is 24.3 Å². The predicted octanol–water partition coefficient (Wildman–Crippen LogP) is 4.44. The van der Waals surface area contributed by atoms with Crippen LogP contribution >= 0.6 is 27.7 Å². The molecule has 5 nitrogen and oxygen atoms in total. The van der Waals surface area contributed by atoms with Crippen LogP contribution in [0.3, 0.4) is 0 Å². The molecular weight excluding hydrogens is 467 g/mol. The second-order valence-corrected chi connectivity index (χ2v) is 9.20. The fraction of sp³-hybridized carbons (Fsp3) is 0.0526. The van der Waals surface area contributed by atoms with Gasteiger partial charge in [-0.3, -0.25) is 9.69 Å². The summed E-state index contributed by atoms with van der Waals surface area (Å²) in [5.41, 5.74) is 0.792. The van der Waals surface area contributed by atoms with Gasteiger partial charge in [-0.25, -0.2) is 4.39 Å². The van der Waals surface area contributed by atoms with Crippen LogP contribution in [0, 0.1) is 5.82 Å². The number of halogens is 2. The number of carbonyl (C=O) groups is 1. The van der Waals surface area contributed by atoms with E-state index >= 15 is 0 Å². The molecule has 2 aromatic rings. The predicted molar refractivity (Wildman–Crippen MR) is 113 cm³/mol. The molecular formula is C19H14BrFN2O3S2. The second kappa shape index (κ2) is 8.42. The molecule has 28 heavy (non-hydrogen) atoms. The summed E-state index contributed by atoms with van der Waals surface area (Å²) < 4.78 is 42.9. The van der Waals surface area contributed by atoms with E-state index in [1.165, 1.54) is 11.0 Å². The van der Waals surface area contributed by atoms with Crippen LogP contribution in [0.15, 0.2) is 79.9 Å². The van der Waals surface area contributed by atoms with E-state index in [1.54, 1.807) is 6.08 Å². The molecule has 1 heterocycles. The van der Waals surface area contributed by atoms with Crippen LogP contribution in [0.25, 0.3) is 6.08 Å². The number of rotatable bonds is 5. The van der Waals surface area contributed by atoms with Gasteiger partial charge in [0.2, 0.25) is 0 Å². The monoisotopic (exact) mass is 480 g/mol. The van der Waals surface area contributed by atoms with Crippen molar-refractivity contribution in [3.8, 4) is 0 Å². The van der Waals surface area contributed by atoms with E-state index in [2.05, 4.69) is 26.9 Å². The van der Waals surface area contributed by atoms with Gasteiger partial charge in [0.1, 0.15) is 5.82 Å². The molecule has 0 N–H and O–H groups in total. The Labute approximate surface area is 174 Å². The summed E-state index contributed by atoms with van der Waals surface area (Å²) in [6.45, 7) is 3.71. The van der Waals surface area contributed by atoms with Crippen molar-refractivity contribution in [2.75, 3.05) is 6.54 Å². The lowest BCUT2D eigenvalue weighted by Crippen LogP contribution is -2.29. The van der Waals surface area contributed by atoms with Crippen molar-refractivity contribution >= 4 is 54.9 Å². The number of amides is 1. The molecule has 0 aliphatic carbocycles. The maximum Gasteiger partial charge on any atom is 0.284 e. The first-order valence-corrected chi connectivity index (χ1v) is 11.0. The standard InChI is InChI=1S/C19H14BrFN2O3S2/c1-2-11-23-18(24)17(12-13-3-5-14(20)6-4-13)27-19(23)22-28(25,26)16-9-7-15(21)8-10-16/h2-10,12H,1,11H2/b17-12-,22-19-. The molecule has 0 atom stereocenters. The summed E-state index contributed by atoms with van der Waals surface area (Å²) in [6.07, 6.45) is 3.16. The average Bonchev–Trinajstić information content (AvgIpc) is 2.92. The van der Waals surface area contributed by atoms with Crippen molar-refractivity contribution in [2.24, 2.45) is 4.40 Å². The van der Waals surface area contributed by atoms with Crippen molar-refractivity contribution in [3.05, 3.63) is 81.9 Å². The van der Waals surface area contributed by atoms with Crippen LogP contribution in [-0.2, 0) is 14.8 Å². The lowest BCUT2D eigenvalue weighted by atomic mass is 10.2. The molecule has 1 saturated heterocycles. The molecule has 0 saturated carbocycles. The van der Waals surface area contributed by atoms with Gasteiger partial charge in [-0.1, -0.05) is 34.1 Å². The normalized spacial score (nSPS) is 17.5. The van der Waals surface area contributed by atoms with Gasteiger partial charge in [-0.2, -0.15) is 8.42 Å². The summed E-state index contributed by atoms with van der Waals surface area (Å²) in [4.78, 5) is 14.1. The average molecular weight is 481 g/mol. The zero-order valence-corrected chi connectivity index (χ0v) is 17.6.